The topological polar surface area (TPSA) is 74.7 Å². The quantitative estimate of drug-likeness (QED) is 0.529. The summed E-state index contributed by atoms with van der Waals surface area (Å²) >= 11 is 0. The molecule has 0 saturated carbocycles. The van der Waals surface area contributed by atoms with Crippen LogP contribution in [0.4, 0.5) is 5.69 Å². The number of para-hydroxylation sites is 2. The minimum Gasteiger partial charge on any atom is -0.507 e. The monoisotopic (exact) mass is 497 g/mol. The number of methoxy groups -OCH3 is 3. The molecule has 0 bridgehead atoms. The maximum Gasteiger partial charge on any atom is 0.305 e. The first-order valence-electron chi connectivity index (χ1n) is 12.8. The molecule has 2 aliphatic rings. The van der Waals surface area contributed by atoms with Gasteiger partial charge in [-0.25, -0.2) is 0 Å². The smallest absolute Gasteiger partial charge is 0.305 e. The Morgan fingerprint density at radius 1 is 1.00 bits per heavy atom. The van der Waals surface area contributed by atoms with E-state index in [1.54, 1.807) is 20.3 Å². The van der Waals surface area contributed by atoms with Crippen LogP contribution in [0, 0.1) is 5.92 Å². The second-order valence-corrected chi connectivity index (χ2v) is 9.66. The number of phenols is 1. The van der Waals surface area contributed by atoms with Crippen molar-refractivity contribution in [2.45, 2.75) is 31.8 Å². The molecule has 0 amide bonds. The summed E-state index contributed by atoms with van der Waals surface area (Å²) in [5.74, 6) is 2.03. The maximum atomic E-state index is 12.0. The van der Waals surface area contributed by atoms with Crippen molar-refractivity contribution < 1.29 is 24.1 Å². The number of hydrogen-bond acceptors (Lipinski definition) is 8. The molecule has 0 unspecified atom stereocenters. The molecule has 4 rings (SSSR count). The predicted molar refractivity (Wildman–Crippen MR) is 140 cm³/mol. The van der Waals surface area contributed by atoms with Gasteiger partial charge in [-0.2, -0.15) is 0 Å². The number of piperidine rings is 1. The summed E-state index contributed by atoms with van der Waals surface area (Å²) < 4.78 is 15.7. The van der Waals surface area contributed by atoms with Crippen LogP contribution >= 0.6 is 0 Å². The Kier molecular flexibility index (Phi) is 8.93. The molecular formula is C28H39N3O5. The van der Waals surface area contributed by atoms with Gasteiger partial charge < -0.3 is 24.2 Å². The van der Waals surface area contributed by atoms with Crippen LogP contribution in [0.3, 0.4) is 0 Å². The zero-order valence-corrected chi connectivity index (χ0v) is 21.7. The van der Waals surface area contributed by atoms with Crippen LogP contribution in [0.1, 0.15) is 24.8 Å². The number of ether oxygens (including phenoxy) is 3. The number of nitrogens with zero attached hydrogens (tertiary/aromatic N) is 3. The van der Waals surface area contributed by atoms with Crippen LogP contribution in [0.25, 0.3) is 0 Å². The van der Waals surface area contributed by atoms with Gasteiger partial charge in [-0.1, -0.05) is 18.2 Å². The maximum absolute atomic E-state index is 12.0. The zero-order chi connectivity index (χ0) is 25.5. The van der Waals surface area contributed by atoms with Crippen molar-refractivity contribution in [2.24, 2.45) is 5.92 Å². The molecule has 2 saturated heterocycles. The van der Waals surface area contributed by atoms with Crippen molar-refractivity contribution >= 4 is 11.7 Å². The molecule has 2 fully saturated rings. The number of likely N-dealkylation sites (tertiary alicyclic amines) is 1. The number of hydrogen-bond donors (Lipinski definition) is 1. The summed E-state index contributed by atoms with van der Waals surface area (Å²) in [6, 6.07) is 14.1. The van der Waals surface area contributed by atoms with Crippen molar-refractivity contribution in [3.05, 3.63) is 48.0 Å². The summed E-state index contributed by atoms with van der Waals surface area (Å²) in [6.45, 7) is 6.39. The van der Waals surface area contributed by atoms with Gasteiger partial charge in [0.15, 0.2) is 0 Å². The van der Waals surface area contributed by atoms with Crippen molar-refractivity contribution in [2.75, 3.05) is 65.5 Å². The Bertz CT molecular complexity index is 1010. The molecule has 0 aromatic heterocycles. The van der Waals surface area contributed by atoms with E-state index in [0.717, 1.165) is 69.1 Å². The molecule has 0 aliphatic carbocycles. The largest absolute Gasteiger partial charge is 0.507 e. The van der Waals surface area contributed by atoms with E-state index in [-0.39, 0.29) is 11.7 Å². The van der Waals surface area contributed by atoms with Gasteiger partial charge >= 0.3 is 5.97 Å². The minimum atomic E-state index is -0.153. The molecule has 0 radical (unpaired) electrons. The Morgan fingerprint density at radius 3 is 2.47 bits per heavy atom. The van der Waals surface area contributed by atoms with Gasteiger partial charge in [-0.15, -0.1) is 0 Å². The molecule has 2 atom stereocenters. The molecule has 0 spiro atoms. The standard InChI is InChI=1S/C28H39N3O5/c1-34-23-10-8-22(26(32)18-23)20-29-13-12-24(21(19-29)9-11-28(33)36-3)30-14-16-31(17-15-30)25-6-4-5-7-27(25)35-2/h4-8,10,18,21,24,32H,9,11-17,19-20H2,1-3H3/t21-,24+/m0/s1. The van der Waals surface area contributed by atoms with Gasteiger partial charge in [-0.3, -0.25) is 14.6 Å². The van der Waals surface area contributed by atoms with Crippen molar-refractivity contribution in [1.29, 1.82) is 0 Å². The lowest BCUT2D eigenvalue weighted by molar-refractivity contribution is -0.141. The van der Waals surface area contributed by atoms with E-state index in [1.165, 1.54) is 7.11 Å². The Hall–Kier alpha value is -2.97. The SMILES string of the molecule is COC(=O)CC[C@H]1CN(Cc2ccc(OC)cc2O)CC[C@H]1N1CCN(c2ccccc2OC)CC1. The predicted octanol–water partition coefficient (Wildman–Crippen LogP) is 3.38. The number of anilines is 1. The summed E-state index contributed by atoms with van der Waals surface area (Å²) in [4.78, 5) is 19.4. The second-order valence-electron chi connectivity index (χ2n) is 9.66. The average Bonchev–Trinajstić information content (AvgIpc) is 2.93. The van der Waals surface area contributed by atoms with Crippen LogP contribution in [-0.2, 0) is 16.1 Å². The highest BCUT2D eigenvalue weighted by molar-refractivity contribution is 5.69. The third-order valence-electron chi connectivity index (χ3n) is 7.62. The Labute approximate surface area is 214 Å². The number of aromatic hydroxyl groups is 1. The van der Waals surface area contributed by atoms with Crippen molar-refractivity contribution in [3.8, 4) is 17.2 Å². The van der Waals surface area contributed by atoms with Crippen LogP contribution in [0.15, 0.2) is 42.5 Å². The average molecular weight is 498 g/mol. The van der Waals surface area contributed by atoms with Crippen LogP contribution in [0.2, 0.25) is 0 Å². The molecule has 2 aromatic carbocycles. The first-order chi connectivity index (χ1) is 17.5. The molecular weight excluding hydrogens is 458 g/mol. The number of carbonyl (C=O) groups is 1. The number of piperazine rings is 1. The van der Waals surface area contributed by atoms with E-state index in [9.17, 15) is 9.90 Å². The van der Waals surface area contributed by atoms with Gasteiger partial charge in [0.2, 0.25) is 0 Å². The van der Waals surface area contributed by atoms with Crippen molar-refractivity contribution in [1.82, 2.24) is 9.80 Å². The van der Waals surface area contributed by atoms with Gasteiger partial charge in [-0.05, 0) is 43.5 Å². The molecule has 1 N–H and O–H groups in total. The molecule has 36 heavy (non-hydrogen) atoms. The number of esters is 1. The highest BCUT2D eigenvalue weighted by Gasteiger charge is 2.35. The van der Waals surface area contributed by atoms with Crippen LogP contribution in [0.5, 0.6) is 17.2 Å². The molecule has 2 aromatic rings. The third-order valence-corrected chi connectivity index (χ3v) is 7.62. The van der Waals surface area contributed by atoms with E-state index < -0.39 is 0 Å². The first-order valence-corrected chi connectivity index (χ1v) is 12.8. The van der Waals surface area contributed by atoms with E-state index in [4.69, 9.17) is 14.2 Å². The minimum absolute atomic E-state index is 0.153. The molecule has 2 heterocycles. The lowest BCUT2D eigenvalue weighted by atomic mass is 9.86. The van der Waals surface area contributed by atoms with E-state index >= 15 is 0 Å². The lowest BCUT2D eigenvalue weighted by Gasteiger charge is -2.47. The van der Waals surface area contributed by atoms with Crippen molar-refractivity contribution in [3.63, 3.8) is 0 Å². The second kappa shape index (κ2) is 12.3. The summed E-state index contributed by atoms with van der Waals surface area (Å²) in [5.41, 5.74) is 2.04. The molecule has 2 aliphatic heterocycles. The first kappa shape index (κ1) is 26.1. The normalized spacial score (nSPS) is 21.2. The Balaban J connectivity index is 1.41. The van der Waals surface area contributed by atoms with Gasteiger partial charge in [0.05, 0.1) is 27.0 Å². The van der Waals surface area contributed by atoms with E-state index in [0.29, 0.717) is 30.7 Å². The highest BCUT2D eigenvalue weighted by atomic mass is 16.5. The van der Waals surface area contributed by atoms with Crippen LogP contribution in [-0.4, -0.2) is 87.5 Å². The fourth-order valence-corrected chi connectivity index (χ4v) is 5.64. The molecule has 196 valence electrons. The van der Waals surface area contributed by atoms with Gasteiger partial charge in [0.25, 0.3) is 0 Å². The number of benzene rings is 2. The number of rotatable bonds is 9. The van der Waals surface area contributed by atoms with Gasteiger partial charge in [0.1, 0.15) is 17.2 Å². The summed E-state index contributed by atoms with van der Waals surface area (Å²) in [7, 11) is 4.78. The number of phenolic OH excluding ortho intramolecular Hbond substituents is 1. The molecule has 8 nitrogen and oxygen atoms in total. The fraction of sp³-hybridized carbons (Fsp3) is 0.536. The van der Waals surface area contributed by atoms with E-state index in [1.807, 2.05) is 24.3 Å². The number of carbonyl (C=O) groups excluding carboxylic acids is 1. The zero-order valence-electron chi connectivity index (χ0n) is 21.7. The Morgan fingerprint density at radius 2 is 1.78 bits per heavy atom. The molecule has 8 heteroatoms. The van der Waals surface area contributed by atoms with E-state index in [2.05, 4.69) is 26.8 Å². The summed E-state index contributed by atoms with van der Waals surface area (Å²) in [6.07, 6.45) is 2.27. The summed E-state index contributed by atoms with van der Waals surface area (Å²) in [5, 5.41) is 10.4. The van der Waals surface area contributed by atoms with Gasteiger partial charge in [0, 0.05) is 63.4 Å². The highest BCUT2D eigenvalue weighted by Crippen LogP contribution is 2.33. The lowest BCUT2D eigenvalue weighted by Crippen LogP contribution is -2.56. The third kappa shape index (κ3) is 6.23. The fourth-order valence-electron chi connectivity index (χ4n) is 5.64. The van der Waals surface area contributed by atoms with Crippen LogP contribution < -0.4 is 14.4 Å².